The maximum absolute atomic E-state index is 11.0. The van der Waals surface area contributed by atoms with Gasteiger partial charge in [0.25, 0.3) is 5.56 Å². The molecule has 0 atom stereocenters. The molecular weight excluding hydrogens is 192 g/mol. The Kier molecular flexibility index (Phi) is 2.25. The Morgan fingerprint density at radius 1 is 1.33 bits per heavy atom. The van der Waals surface area contributed by atoms with Crippen molar-refractivity contribution in [3.8, 4) is 17.3 Å². The average molecular weight is 198 g/mol. The minimum atomic E-state index is -0.234. The fourth-order valence-corrected chi connectivity index (χ4v) is 1.17. The van der Waals surface area contributed by atoms with Crippen LogP contribution in [-0.2, 0) is 0 Å². The van der Waals surface area contributed by atoms with Gasteiger partial charge in [0.2, 0.25) is 0 Å². The van der Waals surface area contributed by atoms with Crippen molar-refractivity contribution in [1.29, 1.82) is 5.26 Å². The van der Waals surface area contributed by atoms with Crippen LogP contribution in [0.2, 0.25) is 0 Å². The van der Waals surface area contributed by atoms with Crippen LogP contribution in [0.3, 0.4) is 0 Å². The molecule has 0 aliphatic carbocycles. The van der Waals surface area contributed by atoms with Crippen molar-refractivity contribution in [1.82, 2.24) is 15.0 Å². The normalized spacial score (nSPS) is 9.53. The molecular formula is C10H6N4O. The molecule has 5 heteroatoms. The van der Waals surface area contributed by atoms with Crippen LogP contribution >= 0.6 is 0 Å². The molecule has 0 unspecified atom stereocenters. The minimum absolute atomic E-state index is 0.234. The maximum Gasteiger partial charge on any atom is 0.251 e. The van der Waals surface area contributed by atoms with Gasteiger partial charge >= 0.3 is 0 Å². The topological polar surface area (TPSA) is 82.4 Å². The highest BCUT2D eigenvalue weighted by atomic mass is 16.1. The number of hydrogen-bond acceptors (Lipinski definition) is 4. The van der Waals surface area contributed by atoms with Gasteiger partial charge in [0.15, 0.2) is 0 Å². The predicted octanol–water partition coefficient (Wildman–Crippen LogP) is 0.704. The molecule has 15 heavy (non-hydrogen) atoms. The third-order valence-electron chi connectivity index (χ3n) is 1.84. The Balaban J connectivity index is 2.55. The summed E-state index contributed by atoms with van der Waals surface area (Å²) in [7, 11) is 0. The molecule has 0 saturated carbocycles. The van der Waals surface area contributed by atoms with Crippen molar-refractivity contribution in [2.75, 3.05) is 0 Å². The molecule has 2 aromatic rings. The first kappa shape index (κ1) is 9.09. The van der Waals surface area contributed by atoms with E-state index in [-0.39, 0.29) is 5.56 Å². The fourth-order valence-electron chi connectivity index (χ4n) is 1.17. The zero-order chi connectivity index (χ0) is 10.7. The number of nitriles is 1. The van der Waals surface area contributed by atoms with Crippen LogP contribution in [-0.4, -0.2) is 15.0 Å². The maximum atomic E-state index is 11.0. The lowest BCUT2D eigenvalue weighted by molar-refractivity contribution is 1.12. The van der Waals surface area contributed by atoms with E-state index in [1.54, 1.807) is 12.3 Å². The van der Waals surface area contributed by atoms with Crippen molar-refractivity contribution < 1.29 is 0 Å². The second kappa shape index (κ2) is 3.72. The second-order valence-electron chi connectivity index (χ2n) is 2.87. The average Bonchev–Trinajstić information content (AvgIpc) is 2.29. The van der Waals surface area contributed by atoms with Gasteiger partial charge in [-0.15, -0.1) is 0 Å². The zero-order valence-corrected chi connectivity index (χ0v) is 7.64. The molecule has 2 rings (SSSR count). The highest BCUT2D eigenvalue weighted by Crippen LogP contribution is 2.13. The van der Waals surface area contributed by atoms with Gasteiger partial charge in [0, 0.05) is 24.0 Å². The fraction of sp³-hybridized carbons (Fsp3) is 0. The quantitative estimate of drug-likeness (QED) is 0.731. The molecule has 0 saturated heterocycles. The first-order chi connectivity index (χ1) is 7.29. The smallest absolute Gasteiger partial charge is 0.251 e. The summed E-state index contributed by atoms with van der Waals surface area (Å²) in [6.07, 6.45) is 4.33. The summed E-state index contributed by atoms with van der Waals surface area (Å²) in [5, 5.41) is 8.69. The standard InChI is InChI=1S/C10H6N4O/c11-3-7-1-8(5-12-4-7)9-2-10(15)14-6-13-9/h1-2,4-6H,(H,13,14,15). The van der Waals surface area contributed by atoms with Crippen LogP contribution in [0.15, 0.2) is 35.6 Å². The molecule has 1 N–H and O–H groups in total. The first-order valence-electron chi connectivity index (χ1n) is 4.20. The van der Waals surface area contributed by atoms with E-state index >= 15 is 0 Å². The molecule has 0 amide bonds. The SMILES string of the molecule is N#Cc1cncc(-c2cc(=O)[nH]cn2)c1. The number of aromatic nitrogens is 3. The van der Waals surface area contributed by atoms with Gasteiger partial charge in [-0.3, -0.25) is 9.78 Å². The third-order valence-corrected chi connectivity index (χ3v) is 1.84. The molecule has 72 valence electrons. The second-order valence-corrected chi connectivity index (χ2v) is 2.87. The van der Waals surface area contributed by atoms with Crippen molar-refractivity contribution in [3.63, 3.8) is 0 Å². The largest absolute Gasteiger partial charge is 0.313 e. The predicted molar refractivity (Wildman–Crippen MR) is 52.8 cm³/mol. The monoisotopic (exact) mass is 198 g/mol. The zero-order valence-electron chi connectivity index (χ0n) is 7.64. The number of aromatic amines is 1. The van der Waals surface area contributed by atoms with Gasteiger partial charge in [-0.2, -0.15) is 5.26 Å². The van der Waals surface area contributed by atoms with Crippen molar-refractivity contribution in [2.24, 2.45) is 0 Å². The number of H-pyrrole nitrogens is 1. The summed E-state index contributed by atoms with van der Waals surface area (Å²) < 4.78 is 0. The molecule has 0 aromatic carbocycles. The Bertz CT molecular complexity index is 582. The Morgan fingerprint density at radius 3 is 2.93 bits per heavy atom. The van der Waals surface area contributed by atoms with E-state index in [1.807, 2.05) is 6.07 Å². The van der Waals surface area contributed by atoms with Crippen LogP contribution in [0, 0.1) is 11.3 Å². The van der Waals surface area contributed by atoms with E-state index in [0.29, 0.717) is 16.8 Å². The lowest BCUT2D eigenvalue weighted by Gasteiger charge is -1.98. The number of pyridine rings is 1. The molecule has 0 spiro atoms. The molecule has 0 bridgehead atoms. The van der Waals surface area contributed by atoms with Crippen LogP contribution in [0.4, 0.5) is 0 Å². The van der Waals surface area contributed by atoms with Crippen LogP contribution < -0.4 is 5.56 Å². The third kappa shape index (κ3) is 1.89. The van der Waals surface area contributed by atoms with Gasteiger partial charge < -0.3 is 4.98 Å². The Morgan fingerprint density at radius 2 is 2.20 bits per heavy atom. The molecule has 0 aliphatic heterocycles. The van der Waals surface area contributed by atoms with Crippen LogP contribution in [0.1, 0.15) is 5.56 Å². The van der Waals surface area contributed by atoms with Gasteiger partial charge in [-0.1, -0.05) is 0 Å². The van der Waals surface area contributed by atoms with E-state index in [0.717, 1.165) is 0 Å². The lowest BCUT2D eigenvalue weighted by atomic mass is 10.1. The Hall–Kier alpha value is -2.48. The minimum Gasteiger partial charge on any atom is -0.313 e. The number of hydrogen-bond donors (Lipinski definition) is 1. The van der Waals surface area contributed by atoms with Crippen molar-refractivity contribution >= 4 is 0 Å². The van der Waals surface area contributed by atoms with E-state index < -0.39 is 0 Å². The summed E-state index contributed by atoms with van der Waals surface area (Å²) in [5.41, 5.74) is 1.36. The summed E-state index contributed by atoms with van der Waals surface area (Å²) >= 11 is 0. The lowest BCUT2D eigenvalue weighted by Crippen LogP contribution is -2.04. The van der Waals surface area contributed by atoms with E-state index in [1.165, 1.54) is 18.6 Å². The highest BCUT2D eigenvalue weighted by Gasteiger charge is 2.01. The summed E-state index contributed by atoms with van der Waals surface area (Å²) in [6, 6.07) is 4.97. The van der Waals surface area contributed by atoms with Gasteiger partial charge in [0.1, 0.15) is 6.07 Å². The van der Waals surface area contributed by atoms with Crippen molar-refractivity contribution in [2.45, 2.75) is 0 Å². The molecule has 0 radical (unpaired) electrons. The molecule has 2 heterocycles. The molecule has 2 aromatic heterocycles. The molecule has 0 aliphatic rings. The number of rotatable bonds is 1. The van der Waals surface area contributed by atoms with Gasteiger partial charge in [-0.05, 0) is 6.07 Å². The molecule has 0 fully saturated rings. The molecule has 5 nitrogen and oxygen atoms in total. The first-order valence-corrected chi connectivity index (χ1v) is 4.20. The van der Waals surface area contributed by atoms with E-state index in [9.17, 15) is 4.79 Å². The highest BCUT2D eigenvalue weighted by molar-refractivity contribution is 5.58. The van der Waals surface area contributed by atoms with Gasteiger partial charge in [-0.25, -0.2) is 4.98 Å². The van der Waals surface area contributed by atoms with E-state index in [2.05, 4.69) is 15.0 Å². The number of nitrogens with zero attached hydrogens (tertiary/aromatic N) is 3. The summed E-state index contributed by atoms with van der Waals surface area (Å²) in [4.78, 5) is 21.3. The van der Waals surface area contributed by atoms with Crippen molar-refractivity contribution in [3.05, 3.63) is 46.8 Å². The number of nitrogens with one attached hydrogen (secondary N) is 1. The van der Waals surface area contributed by atoms with Crippen LogP contribution in [0.5, 0.6) is 0 Å². The van der Waals surface area contributed by atoms with Gasteiger partial charge in [0.05, 0.1) is 17.6 Å². The van der Waals surface area contributed by atoms with E-state index in [4.69, 9.17) is 5.26 Å². The summed E-state index contributed by atoms with van der Waals surface area (Å²) in [6.45, 7) is 0. The Labute approximate surface area is 85.1 Å². The van der Waals surface area contributed by atoms with Crippen LogP contribution in [0.25, 0.3) is 11.3 Å². The summed E-state index contributed by atoms with van der Waals surface area (Å²) in [5.74, 6) is 0.